The third-order valence-electron chi connectivity index (χ3n) is 3.46. The number of hydrogen-bond acceptors (Lipinski definition) is 3. The van der Waals surface area contributed by atoms with Gasteiger partial charge in [-0.2, -0.15) is 0 Å². The topological polar surface area (TPSA) is 32.5 Å². The van der Waals surface area contributed by atoms with E-state index in [1.165, 1.54) is 12.5 Å². The summed E-state index contributed by atoms with van der Waals surface area (Å²) in [6.07, 6.45) is 1.19. The number of halogens is 1. The second-order valence-corrected chi connectivity index (χ2v) is 4.85. The molecule has 1 aliphatic heterocycles. The molecule has 1 aromatic carbocycles. The lowest BCUT2D eigenvalue weighted by Gasteiger charge is -2.36. The van der Waals surface area contributed by atoms with E-state index in [1.807, 2.05) is 6.07 Å². The quantitative estimate of drug-likeness (QED) is 0.886. The van der Waals surface area contributed by atoms with Crippen molar-refractivity contribution in [2.45, 2.75) is 19.9 Å². The molecule has 0 radical (unpaired) electrons. The first-order chi connectivity index (χ1) is 8.72. The zero-order valence-corrected chi connectivity index (χ0v) is 11.0. The van der Waals surface area contributed by atoms with Crippen LogP contribution in [0.25, 0.3) is 0 Å². The van der Waals surface area contributed by atoms with Crippen LogP contribution in [0.15, 0.2) is 18.2 Å². The average Bonchev–Trinajstić information content (AvgIpc) is 2.39. The van der Waals surface area contributed by atoms with E-state index in [1.54, 1.807) is 6.07 Å². The Morgan fingerprint density at radius 1 is 1.17 bits per heavy atom. The molecule has 3 nitrogen and oxygen atoms in total. The number of piperazine rings is 1. The Hall–Kier alpha value is -1.13. The molecule has 0 amide bonds. The fraction of sp³-hybridized carbons (Fsp3) is 0.571. The fourth-order valence-electron chi connectivity index (χ4n) is 2.48. The molecule has 4 heteroatoms. The summed E-state index contributed by atoms with van der Waals surface area (Å²) in [4.78, 5) is 4.70. The van der Waals surface area contributed by atoms with Gasteiger partial charge in [0, 0.05) is 38.4 Å². The van der Waals surface area contributed by atoms with Crippen LogP contribution < -0.4 is 10.6 Å². The SMILES string of the molecule is CCCN1CCN(c2cc(F)cc(CN)c2)CC1. The molecule has 0 aliphatic carbocycles. The van der Waals surface area contributed by atoms with Crippen molar-refractivity contribution in [2.24, 2.45) is 5.73 Å². The zero-order chi connectivity index (χ0) is 13.0. The van der Waals surface area contributed by atoms with Gasteiger partial charge in [0.2, 0.25) is 0 Å². The Balaban J connectivity index is 2.02. The molecular formula is C14H22FN3. The van der Waals surface area contributed by atoms with Gasteiger partial charge in [-0.3, -0.25) is 4.90 Å². The lowest BCUT2D eigenvalue weighted by atomic mass is 10.1. The van der Waals surface area contributed by atoms with Crippen LogP contribution in [-0.4, -0.2) is 37.6 Å². The van der Waals surface area contributed by atoms with E-state index in [4.69, 9.17) is 5.73 Å². The third-order valence-corrected chi connectivity index (χ3v) is 3.46. The molecule has 0 atom stereocenters. The minimum atomic E-state index is -0.191. The highest BCUT2D eigenvalue weighted by atomic mass is 19.1. The van der Waals surface area contributed by atoms with Crippen LogP contribution in [0.5, 0.6) is 0 Å². The highest BCUT2D eigenvalue weighted by Gasteiger charge is 2.17. The maximum absolute atomic E-state index is 13.5. The number of anilines is 1. The van der Waals surface area contributed by atoms with Crippen LogP contribution in [0.4, 0.5) is 10.1 Å². The second-order valence-electron chi connectivity index (χ2n) is 4.85. The standard InChI is InChI=1S/C14H22FN3/c1-2-3-17-4-6-18(7-5-17)14-9-12(11-16)8-13(15)10-14/h8-10H,2-7,11,16H2,1H3. The summed E-state index contributed by atoms with van der Waals surface area (Å²) in [6.45, 7) is 7.80. The Morgan fingerprint density at radius 3 is 2.50 bits per heavy atom. The summed E-state index contributed by atoms with van der Waals surface area (Å²) in [7, 11) is 0. The Morgan fingerprint density at radius 2 is 1.89 bits per heavy atom. The molecule has 0 bridgehead atoms. The third kappa shape index (κ3) is 3.21. The number of nitrogens with zero attached hydrogens (tertiary/aromatic N) is 2. The summed E-state index contributed by atoms with van der Waals surface area (Å²) in [5.74, 6) is -0.191. The average molecular weight is 251 g/mol. The molecule has 0 aromatic heterocycles. The summed E-state index contributed by atoms with van der Waals surface area (Å²) < 4.78 is 13.5. The van der Waals surface area contributed by atoms with E-state index in [2.05, 4.69) is 16.7 Å². The molecule has 1 aliphatic rings. The van der Waals surface area contributed by atoms with E-state index < -0.39 is 0 Å². The van der Waals surface area contributed by atoms with Crippen LogP contribution >= 0.6 is 0 Å². The van der Waals surface area contributed by atoms with E-state index in [0.717, 1.165) is 44.0 Å². The van der Waals surface area contributed by atoms with Crippen molar-refractivity contribution in [2.75, 3.05) is 37.6 Å². The Bertz CT molecular complexity index is 387. The highest BCUT2D eigenvalue weighted by molar-refractivity contribution is 5.49. The maximum atomic E-state index is 13.5. The molecule has 0 spiro atoms. The van der Waals surface area contributed by atoms with Crippen molar-refractivity contribution < 1.29 is 4.39 Å². The van der Waals surface area contributed by atoms with Crippen LogP contribution in [-0.2, 0) is 6.54 Å². The largest absolute Gasteiger partial charge is 0.369 e. The van der Waals surface area contributed by atoms with Crippen LogP contribution in [0.3, 0.4) is 0 Å². The molecule has 1 fully saturated rings. The molecule has 2 N–H and O–H groups in total. The van der Waals surface area contributed by atoms with Gasteiger partial charge in [-0.05, 0) is 36.7 Å². The van der Waals surface area contributed by atoms with Crippen molar-refractivity contribution in [3.63, 3.8) is 0 Å². The van der Waals surface area contributed by atoms with Crippen molar-refractivity contribution in [1.82, 2.24) is 4.90 Å². The maximum Gasteiger partial charge on any atom is 0.125 e. The summed E-state index contributed by atoms with van der Waals surface area (Å²) in [5.41, 5.74) is 7.41. The van der Waals surface area contributed by atoms with Crippen molar-refractivity contribution >= 4 is 5.69 Å². The lowest BCUT2D eigenvalue weighted by Crippen LogP contribution is -2.46. The monoisotopic (exact) mass is 251 g/mol. The van der Waals surface area contributed by atoms with Gasteiger partial charge in [0.25, 0.3) is 0 Å². The van der Waals surface area contributed by atoms with E-state index in [0.29, 0.717) is 6.54 Å². The second kappa shape index (κ2) is 6.16. The molecule has 2 rings (SSSR count). The van der Waals surface area contributed by atoms with Gasteiger partial charge >= 0.3 is 0 Å². The molecular weight excluding hydrogens is 229 g/mol. The molecule has 0 unspecified atom stereocenters. The summed E-state index contributed by atoms with van der Waals surface area (Å²) in [5, 5.41) is 0. The predicted octanol–water partition coefficient (Wildman–Crippen LogP) is 1.82. The summed E-state index contributed by atoms with van der Waals surface area (Å²) >= 11 is 0. The van der Waals surface area contributed by atoms with Crippen LogP contribution in [0.2, 0.25) is 0 Å². The normalized spacial score (nSPS) is 17.2. The van der Waals surface area contributed by atoms with Crippen LogP contribution in [0, 0.1) is 5.82 Å². The molecule has 1 aromatic rings. The van der Waals surface area contributed by atoms with Crippen molar-refractivity contribution in [3.05, 3.63) is 29.6 Å². The minimum absolute atomic E-state index is 0.191. The van der Waals surface area contributed by atoms with Gasteiger partial charge in [-0.25, -0.2) is 4.39 Å². The Labute approximate surface area is 108 Å². The molecule has 1 saturated heterocycles. The minimum Gasteiger partial charge on any atom is -0.369 e. The van der Waals surface area contributed by atoms with Crippen LogP contribution in [0.1, 0.15) is 18.9 Å². The first-order valence-electron chi connectivity index (χ1n) is 6.69. The molecule has 18 heavy (non-hydrogen) atoms. The molecule has 0 saturated carbocycles. The van der Waals surface area contributed by atoms with E-state index in [9.17, 15) is 4.39 Å². The number of benzene rings is 1. The van der Waals surface area contributed by atoms with Gasteiger partial charge < -0.3 is 10.6 Å². The fourth-order valence-corrected chi connectivity index (χ4v) is 2.48. The number of hydrogen-bond donors (Lipinski definition) is 1. The van der Waals surface area contributed by atoms with E-state index in [-0.39, 0.29) is 5.82 Å². The van der Waals surface area contributed by atoms with Gasteiger partial charge in [0.05, 0.1) is 0 Å². The lowest BCUT2D eigenvalue weighted by molar-refractivity contribution is 0.258. The highest BCUT2D eigenvalue weighted by Crippen LogP contribution is 2.20. The predicted molar refractivity (Wildman–Crippen MR) is 73.2 cm³/mol. The first-order valence-corrected chi connectivity index (χ1v) is 6.69. The smallest absolute Gasteiger partial charge is 0.125 e. The number of rotatable bonds is 4. The molecule has 100 valence electrons. The first kappa shape index (κ1) is 13.3. The van der Waals surface area contributed by atoms with Gasteiger partial charge in [0.1, 0.15) is 5.82 Å². The van der Waals surface area contributed by atoms with Gasteiger partial charge in [0.15, 0.2) is 0 Å². The van der Waals surface area contributed by atoms with Crippen molar-refractivity contribution in [3.8, 4) is 0 Å². The zero-order valence-electron chi connectivity index (χ0n) is 11.0. The van der Waals surface area contributed by atoms with Crippen molar-refractivity contribution in [1.29, 1.82) is 0 Å². The number of nitrogens with two attached hydrogens (primary N) is 1. The summed E-state index contributed by atoms with van der Waals surface area (Å²) in [6, 6.07) is 5.12. The molecule has 1 heterocycles. The van der Waals surface area contributed by atoms with Gasteiger partial charge in [-0.15, -0.1) is 0 Å². The Kier molecular flexibility index (Phi) is 4.55. The van der Waals surface area contributed by atoms with Gasteiger partial charge in [-0.1, -0.05) is 6.92 Å². The van der Waals surface area contributed by atoms with E-state index >= 15 is 0 Å².